The lowest BCUT2D eigenvalue weighted by Crippen LogP contribution is -2.41. The minimum absolute atomic E-state index is 0.0506. The van der Waals surface area contributed by atoms with Gasteiger partial charge in [-0.1, -0.05) is 34.9 Å². The maximum absolute atomic E-state index is 13.0. The number of allylic oxidation sites excluding steroid dienone is 1. The van der Waals surface area contributed by atoms with Gasteiger partial charge in [-0.05, 0) is 74.0 Å². The summed E-state index contributed by atoms with van der Waals surface area (Å²) in [5.74, 6) is 0.229. The van der Waals surface area contributed by atoms with Gasteiger partial charge in [0.15, 0.2) is 0 Å². The number of fused-ring (bicyclic) bond motifs is 1. The summed E-state index contributed by atoms with van der Waals surface area (Å²) in [6.07, 6.45) is 6.78. The predicted molar refractivity (Wildman–Crippen MR) is 167 cm³/mol. The molecule has 1 heterocycles. The van der Waals surface area contributed by atoms with Gasteiger partial charge in [0.2, 0.25) is 6.41 Å². The summed E-state index contributed by atoms with van der Waals surface area (Å²) in [7, 11) is 6.85. The van der Waals surface area contributed by atoms with Crippen molar-refractivity contribution in [3.8, 4) is 0 Å². The zero-order valence-corrected chi connectivity index (χ0v) is 27.0. The molecule has 0 radical (unpaired) electrons. The fourth-order valence-electron chi connectivity index (χ4n) is 4.66. The Bertz CT molecular complexity index is 1260. The molecule has 1 saturated carbocycles. The zero-order valence-electron chi connectivity index (χ0n) is 25.4. The minimum Gasteiger partial charge on any atom is -0.465 e. The van der Waals surface area contributed by atoms with Gasteiger partial charge in [0.25, 0.3) is 5.91 Å². The number of carbonyl (C=O) groups excluding carboxylic acids is 4. The number of esters is 2. The van der Waals surface area contributed by atoms with Gasteiger partial charge in [0.05, 0.1) is 6.61 Å². The van der Waals surface area contributed by atoms with E-state index in [-0.39, 0.29) is 49.4 Å². The number of benzene rings is 1. The second kappa shape index (κ2) is 17.9. The molecule has 0 bridgehead atoms. The molecule has 1 fully saturated rings. The Morgan fingerprint density at radius 3 is 2.47 bits per heavy atom. The van der Waals surface area contributed by atoms with E-state index in [1.165, 1.54) is 4.90 Å². The monoisotopic (exact) mass is 634 g/mol. The van der Waals surface area contributed by atoms with E-state index in [1.807, 2.05) is 6.92 Å². The molecule has 0 aliphatic heterocycles. The number of ether oxygens (including phenoxy) is 2. The normalized spacial score (nSPS) is 17.2. The molecule has 0 saturated heterocycles. The van der Waals surface area contributed by atoms with Crippen molar-refractivity contribution in [1.29, 1.82) is 0 Å². The van der Waals surface area contributed by atoms with E-state index in [9.17, 15) is 19.2 Å². The summed E-state index contributed by atoms with van der Waals surface area (Å²) in [6.45, 7) is 4.25. The number of hydrogen-bond acceptors (Lipinski definition) is 11. The van der Waals surface area contributed by atoms with E-state index in [0.29, 0.717) is 42.3 Å². The van der Waals surface area contributed by atoms with E-state index in [1.54, 1.807) is 58.8 Å². The van der Waals surface area contributed by atoms with Crippen LogP contribution in [0.1, 0.15) is 88.4 Å². The number of rotatable bonds is 17. The molecule has 0 unspecified atom stereocenters. The Morgan fingerprint density at radius 1 is 1.02 bits per heavy atom. The molecule has 1 aliphatic carbocycles. The van der Waals surface area contributed by atoms with Gasteiger partial charge in [0.1, 0.15) is 17.1 Å². The standard InChI is InChI=1S/C30H42N4O7S2/c1-5-6-18-42-43-27(21(2)33(3)20-35)16-17-39-28(36)8-7-9-29(37)40-24-13-11-23(12-14-24)34(4)30(38)22-10-15-25-26(19-22)32-41-31-25/h10,15,19-20,23-24H,5-9,11-14,16-18H2,1-4H3/b27-21-. The van der Waals surface area contributed by atoms with Crippen LogP contribution < -0.4 is 0 Å². The first kappa shape index (κ1) is 34.4. The van der Waals surface area contributed by atoms with Crippen LogP contribution in [-0.4, -0.2) is 83.0 Å². The Hall–Kier alpha value is -3.06. The molecule has 0 atom stereocenters. The zero-order chi connectivity index (χ0) is 31.2. The molecule has 2 amide bonds. The molecule has 0 N–H and O–H groups in total. The molecular formula is C30H42N4O7S2. The second-order valence-electron chi connectivity index (χ2n) is 10.6. The van der Waals surface area contributed by atoms with Gasteiger partial charge >= 0.3 is 11.9 Å². The maximum Gasteiger partial charge on any atom is 0.306 e. The number of nitrogens with zero attached hydrogens (tertiary/aromatic N) is 4. The fourth-order valence-corrected chi connectivity index (χ4v) is 7.37. The fraction of sp³-hybridized carbons (Fsp3) is 0.600. The van der Waals surface area contributed by atoms with Crippen molar-refractivity contribution in [2.24, 2.45) is 0 Å². The molecule has 2 aromatic rings. The lowest BCUT2D eigenvalue weighted by molar-refractivity contribution is -0.151. The summed E-state index contributed by atoms with van der Waals surface area (Å²) in [5, 5.41) is 7.57. The average molecular weight is 635 g/mol. The summed E-state index contributed by atoms with van der Waals surface area (Å²) in [4.78, 5) is 53.1. The van der Waals surface area contributed by atoms with Crippen molar-refractivity contribution in [3.63, 3.8) is 0 Å². The number of aromatic nitrogens is 2. The third kappa shape index (κ3) is 10.9. The third-order valence-electron chi connectivity index (χ3n) is 7.50. The lowest BCUT2D eigenvalue weighted by atomic mass is 9.91. The van der Waals surface area contributed by atoms with Crippen LogP contribution in [0, 0.1) is 0 Å². The number of carbonyl (C=O) groups is 4. The van der Waals surface area contributed by atoms with Crippen LogP contribution in [0.5, 0.6) is 0 Å². The quantitative estimate of drug-likeness (QED) is 0.0911. The topological polar surface area (TPSA) is 132 Å². The number of amides is 2. The van der Waals surface area contributed by atoms with Crippen LogP contribution in [0.15, 0.2) is 33.4 Å². The van der Waals surface area contributed by atoms with Crippen molar-refractivity contribution < 1.29 is 33.3 Å². The van der Waals surface area contributed by atoms with E-state index in [0.717, 1.165) is 48.4 Å². The first-order valence-corrected chi connectivity index (χ1v) is 17.1. The Kier molecular flexibility index (Phi) is 14.3. The molecule has 3 rings (SSSR count). The highest BCUT2D eigenvalue weighted by atomic mass is 33.1. The molecule has 236 valence electrons. The largest absolute Gasteiger partial charge is 0.465 e. The van der Waals surface area contributed by atoms with Crippen LogP contribution >= 0.6 is 21.6 Å². The highest BCUT2D eigenvalue weighted by Crippen LogP contribution is 2.35. The molecule has 43 heavy (non-hydrogen) atoms. The van der Waals surface area contributed by atoms with Crippen LogP contribution in [0.3, 0.4) is 0 Å². The van der Waals surface area contributed by atoms with Crippen molar-refractivity contribution >= 4 is 56.9 Å². The van der Waals surface area contributed by atoms with Crippen molar-refractivity contribution in [2.45, 2.75) is 90.2 Å². The summed E-state index contributed by atoms with van der Waals surface area (Å²) >= 11 is 0. The van der Waals surface area contributed by atoms with Crippen molar-refractivity contribution in [1.82, 2.24) is 20.1 Å². The summed E-state index contributed by atoms with van der Waals surface area (Å²) in [6, 6.07) is 5.15. The van der Waals surface area contributed by atoms with Crippen LogP contribution in [-0.2, 0) is 23.9 Å². The second-order valence-corrected chi connectivity index (χ2v) is 13.1. The first-order chi connectivity index (χ1) is 20.7. The summed E-state index contributed by atoms with van der Waals surface area (Å²) in [5.41, 5.74) is 2.50. The van der Waals surface area contributed by atoms with Crippen molar-refractivity contribution in [3.05, 3.63) is 34.4 Å². The van der Waals surface area contributed by atoms with E-state index < -0.39 is 0 Å². The van der Waals surface area contributed by atoms with Crippen LogP contribution in [0.2, 0.25) is 0 Å². The van der Waals surface area contributed by atoms with Gasteiger partial charge in [-0.3, -0.25) is 19.2 Å². The molecular weight excluding hydrogens is 592 g/mol. The highest BCUT2D eigenvalue weighted by Gasteiger charge is 2.29. The maximum atomic E-state index is 13.0. The summed E-state index contributed by atoms with van der Waals surface area (Å²) < 4.78 is 15.8. The molecule has 1 aromatic heterocycles. The molecule has 0 spiro atoms. The smallest absolute Gasteiger partial charge is 0.306 e. The van der Waals surface area contributed by atoms with Gasteiger partial charge in [-0.15, -0.1) is 0 Å². The SMILES string of the molecule is CCCCSS/C(CCOC(=O)CCCC(=O)OC1CCC(N(C)C(=O)c2ccc3nonc3c2)CC1)=C(/C)N(C)C=O. The van der Waals surface area contributed by atoms with Gasteiger partial charge in [0, 0.05) is 61.3 Å². The highest BCUT2D eigenvalue weighted by molar-refractivity contribution is 8.78. The molecule has 13 heteroatoms. The van der Waals surface area contributed by atoms with E-state index in [4.69, 9.17) is 14.1 Å². The Balaban J connectivity index is 1.32. The number of hydrogen-bond donors (Lipinski definition) is 0. The predicted octanol–water partition coefficient (Wildman–Crippen LogP) is 5.75. The van der Waals surface area contributed by atoms with E-state index >= 15 is 0 Å². The first-order valence-electron chi connectivity index (χ1n) is 14.7. The van der Waals surface area contributed by atoms with Gasteiger partial charge < -0.3 is 19.3 Å². The van der Waals surface area contributed by atoms with E-state index in [2.05, 4.69) is 17.2 Å². The molecule has 1 aliphatic rings. The Morgan fingerprint density at radius 2 is 1.74 bits per heavy atom. The molecule has 11 nitrogen and oxygen atoms in total. The lowest BCUT2D eigenvalue weighted by Gasteiger charge is -2.34. The third-order valence-corrected chi connectivity index (χ3v) is 10.2. The minimum atomic E-state index is -0.357. The van der Waals surface area contributed by atoms with Crippen LogP contribution in [0.4, 0.5) is 0 Å². The Labute approximate surface area is 260 Å². The van der Waals surface area contributed by atoms with Crippen LogP contribution in [0.25, 0.3) is 11.0 Å². The molecule has 1 aromatic carbocycles. The van der Waals surface area contributed by atoms with Gasteiger partial charge in [-0.2, -0.15) is 0 Å². The van der Waals surface area contributed by atoms with Gasteiger partial charge in [-0.25, -0.2) is 4.63 Å². The average Bonchev–Trinajstić information content (AvgIpc) is 3.49. The number of unbranched alkanes of at least 4 members (excludes halogenated alkanes) is 1. The van der Waals surface area contributed by atoms with Crippen molar-refractivity contribution in [2.75, 3.05) is 26.5 Å².